The molecule has 0 saturated carbocycles. The Bertz CT molecular complexity index is 306. The lowest BCUT2D eigenvalue weighted by Gasteiger charge is -2.13. The summed E-state index contributed by atoms with van der Waals surface area (Å²) in [6.07, 6.45) is 1.19. The van der Waals surface area contributed by atoms with Gasteiger partial charge in [-0.1, -0.05) is 6.92 Å². The molecule has 0 aromatic rings. The van der Waals surface area contributed by atoms with Crippen LogP contribution in [-0.4, -0.2) is 38.5 Å². The molecule has 0 aliphatic heterocycles. The molecule has 7 heteroatoms. The van der Waals surface area contributed by atoms with Crippen LogP contribution in [0.5, 0.6) is 0 Å². The van der Waals surface area contributed by atoms with Crippen molar-refractivity contribution < 1.29 is 13.2 Å². The van der Waals surface area contributed by atoms with Gasteiger partial charge in [-0.25, -0.2) is 13.1 Å². The summed E-state index contributed by atoms with van der Waals surface area (Å²) in [5, 5.41) is 2.62. The van der Waals surface area contributed by atoms with Crippen LogP contribution in [0.2, 0.25) is 0 Å². The number of halogens is 1. The van der Waals surface area contributed by atoms with Gasteiger partial charge in [0.2, 0.25) is 15.9 Å². The maximum atomic E-state index is 11.4. The maximum absolute atomic E-state index is 11.4. The highest BCUT2D eigenvalue weighted by molar-refractivity contribution is 7.89. The Morgan fingerprint density at radius 1 is 1.44 bits per heavy atom. The van der Waals surface area contributed by atoms with E-state index in [1.54, 1.807) is 0 Å². The fourth-order valence-corrected chi connectivity index (χ4v) is 2.61. The first-order valence-corrected chi connectivity index (χ1v) is 7.45. The van der Waals surface area contributed by atoms with Crippen molar-refractivity contribution in [2.24, 2.45) is 0 Å². The van der Waals surface area contributed by atoms with Gasteiger partial charge in [0.1, 0.15) is 0 Å². The second-order valence-corrected chi connectivity index (χ2v) is 5.74. The average Bonchev–Trinajstić information content (AvgIpc) is 2.22. The Kier molecular flexibility index (Phi) is 7.70. The van der Waals surface area contributed by atoms with E-state index in [9.17, 15) is 13.2 Å². The van der Waals surface area contributed by atoms with Gasteiger partial charge in [-0.2, -0.15) is 0 Å². The van der Waals surface area contributed by atoms with E-state index in [1.165, 1.54) is 6.92 Å². The lowest BCUT2D eigenvalue weighted by molar-refractivity contribution is -0.122. The third-order valence-electron chi connectivity index (χ3n) is 1.85. The zero-order valence-corrected chi connectivity index (χ0v) is 11.2. The Morgan fingerprint density at radius 3 is 2.56 bits per heavy atom. The molecule has 0 rings (SSSR count). The summed E-state index contributed by atoms with van der Waals surface area (Å²) in [5.41, 5.74) is 0. The largest absolute Gasteiger partial charge is 0.355 e. The summed E-state index contributed by atoms with van der Waals surface area (Å²) in [5.74, 6) is -0.0736. The number of carbonyl (C=O) groups excluding carboxylic acids is 1. The summed E-state index contributed by atoms with van der Waals surface area (Å²) < 4.78 is 25.2. The number of nitrogens with one attached hydrogen (secondary N) is 2. The third-order valence-corrected chi connectivity index (χ3v) is 3.65. The summed E-state index contributed by atoms with van der Waals surface area (Å²) in [6.45, 7) is 3.99. The van der Waals surface area contributed by atoms with Crippen LogP contribution in [0.1, 0.15) is 26.7 Å². The van der Waals surface area contributed by atoms with Gasteiger partial charge in [0.15, 0.2) is 0 Å². The van der Waals surface area contributed by atoms with E-state index >= 15 is 0 Å². The van der Waals surface area contributed by atoms with E-state index in [4.69, 9.17) is 11.6 Å². The number of alkyl halides is 1. The molecule has 0 heterocycles. The van der Waals surface area contributed by atoms with E-state index in [0.29, 0.717) is 13.0 Å². The Morgan fingerprint density at radius 2 is 2.06 bits per heavy atom. The molecule has 0 saturated heterocycles. The third kappa shape index (κ3) is 7.03. The second kappa shape index (κ2) is 7.86. The van der Waals surface area contributed by atoms with Crippen LogP contribution in [-0.2, 0) is 14.8 Å². The number of carbonyl (C=O) groups is 1. The molecule has 1 atom stereocenters. The Balaban J connectivity index is 4.11. The van der Waals surface area contributed by atoms with Crippen molar-refractivity contribution in [1.82, 2.24) is 10.0 Å². The fourth-order valence-electron chi connectivity index (χ4n) is 1.03. The quantitative estimate of drug-likeness (QED) is 0.629. The van der Waals surface area contributed by atoms with Crippen molar-refractivity contribution in [2.45, 2.75) is 32.7 Å². The minimum Gasteiger partial charge on any atom is -0.355 e. The van der Waals surface area contributed by atoms with Crippen LogP contribution in [0, 0.1) is 0 Å². The smallest absolute Gasteiger partial charge is 0.237 e. The number of amides is 1. The summed E-state index contributed by atoms with van der Waals surface area (Å²) in [6, 6.07) is -0.744. The van der Waals surface area contributed by atoms with Crippen LogP contribution in [0.3, 0.4) is 0 Å². The van der Waals surface area contributed by atoms with Gasteiger partial charge in [-0.05, 0) is 19.8 Å². The van der Waals surface area contributed by atoms with Crippen LogP contribution in [0.15, 0.2) is 0 Å². The van der Waals surface area contributed by atoms with Crippen molar-refractivity contribution in [3.8, 4) is 0 Å². The molecule has 0 aliphatic rings. The average molecular weight is 271 g/mol. The molecule has 1 amide bonds. The number of hydrogen-bond acceptors (Lipinski definition) is 3. The van der Waals surface area contributed by atoms with Crippen molar-refractivity contribution in [3.05, 3.63) is 0 Å². The minimum absolute atomic E-state index is 0.0537. The van der Waals surface area contributed by atoms with E-state index in [0.717, 1.165) is 6.42 Å². The van der Waals surface area contributed by atoms with Gasteiger partial charge in [-0.15, -0.1) is 11.6 Å². The molecule has 5 nitrogen and oxygen atoms in total. The lowest BCUT2D eigenvalue weighted by Crippen LogP contribution is -2.45. The van der Waals surface area contributed by atoms with E-state index < -0.39 is 16.1 Å². The first-order chi connectivity index (χ1) is 7.43. The van der Waals surface area contributed by atoms with Gasteiger partial charge in [0, 0.05) is 12.4 Å². The standard InChI is InChI=1S/C9H19ClN2O3S/c1-3-6-11-9(13)8(2)12-16(14,15)7-4-5-10/h8,12H,3-7H2,1-2H3,(H,11,13). The predicted molar refractivity (Wildman–Crippen MR) is 65.0 cm³/mol. The van der Waals surface area contributed by atoms with Gasteiger partial charge >= 0.3 is 0 Å². The van der Waals surface area contributed by atoms with Gasteiger partial charge < -0.3 is 5.32 Å². The lowest BCUT2D eigenvalue weighted by atomic mass is 10.3. The number of hydrogen-bond donors (Lipinski definition) is 2. The fraction of sp³-hybridized carbons (Fsp3) is 0.889. The van der Waals surface area contributed by atoms with Crippen molar-refractivity contribution in [1.29, 1.82) is 0 Å². The zero-order valence-electron chi connectivity index (χ0n) is 9.62. The van der Waals surface area contributed by atoms with Crippen LogP contribution < -0.4 is 10.0 Å². The SMILES string of the molecule is CCCNC(=O)C(C)NS(=O)(=O)CCCCl. The molecular weight excluding hydrogens is 252 g/mol. The summed E-state index contributed by atoms with van der Waals surface area (Å²) in [4.78, 5) is 11.4. The highest BCUT2D eigenvalue weighted by atomic mass is 35.5. The molecule has 0 aromatic carbocycles. The molecule has 0 aliphatic carbocycles. The Hall–Kier alpha value is -0.330. The molecule has 0 fully saturated rings. The van der Waals surface area contributed by atoms with Crippen molar-refractivity contribution >= 4 is 27.5 Å². The number of sulfonamides is 1. The van der Waals surface area contributed by atoms with Gasteiger partial charge in [0.05, 0.1) is 11.8 Å². The normalized spacial score (nSPS) is 13.4. The van der Waals surface area contributed by atoms with E-state index in [1.807, 2.05) is 6.92 Å². The zero-order chi connectivity index (χ0) is 12.6. The molecular formula is C9H19ClN2O3S. The first-order valence-electron chi connectivity index (χ1n) is 5.26. The van der Waals surface area contributed by atoms with Crippen molar-refractivity contribution in [3.63, 3.8) is 0 Å². The molecule has 0 radical (unpaired) electrons. The summed E-state index contributed by atoms with van der Waals surface area (Å²) in [7, 11) is -3.41. The van der Waals surface area contributed by atoms with E-state index in [2.05, 4.69) is 10.0 Å². The molecule has 1 unspecified atom stereocenters. The van der Waals surface area contributed by atoms with Crippen molar-refractivity contribution in [2.75, 3.05) is 18.2 Å². The summed E-state index contributed by atoms with van der Waals surface area (Å²) >= 11 is 5.40. The highest BCUT2D eigenvalue weighted by Gasteiger charge is 2.19. The molecule has 16 heavy (non-hydrogen) atoms. The van der Waals surface area contributed by atoms with Crippen LogP contribution in [0.4, 0.5) is 0 Å². The molecule has 0 aromatic heterocycles. The number of rotatable bonds is 8. The molecule has 96 valence electrons. The van der Waals surface area contributed by atoms with E-state index in [-0.39, 0.29) is 17.5 Å². The van der Waals surface area contributed by atoms with Crippen LogP contribution in [0.25, 0.3) is 0 Å². The van der Waals surface area contributed by atoms with Crippen LogP contribution >= 0.6 is 11.6 Å². The van der Waals surface area contributed by atoms with Gasteiger partial charge in [-0.3, -0.25) is 4.79 Å². The predicted octanol–water partition coefficient (Wildman–Crippen LogP) is 0.449. The highest BCUT2D eigenvalue weighted by Crippen LogP contribution is 1.95. The Labute approximate surface area is 102 Å². The monoisotopic (exact) mass is 270 g/mol. The van der Waals surface area contributed by atoms with Gasteiger partial charge in [0.25, 0.3) is 0 Å². The first kappa shape index (κ1) is 15.7. The second-order valence-electron chi connectivity index (χ2n) is 3.49. The molecule has 0 spiro atoms. The molecule has 0 bridgehead atoms. The topological polar surface area (TPSA) is 75.3 Å². The minimum atomic E-state index is -3.41. The molecule has 2 N–H and O–H groups in total. The maximum Gasteiger partial charge on any atom is 0.237 e.